The van der Waals surface area contributed by atoms with Gasteiger partial charge in [-0.05, 0) is 38.2 Å². The third-order valence-corrected chi connectivity index (χ3v) is 3.89. The number of hydrogen-bond donors (Lipinski definition) is 1. The molecule has 0 aliphatic carbocycles. The van der Waals surface area contributed by atoms with Crippen molar-refractivity contribution in [2.75, 3.05) is 6.54 Å². The molecule has 1 aromatic rings. The first-order valence-electron chi connectivity index (χ1n) is 7.51. The van der Waals surface area contributed by atoms with E-state index in [2.05, 4.69) is 10.2 Å². The average molecular weight is 293 g/mol. The highest BCUT2D eigenvalue weighted by atomic mass is 16.5. The minimum absolute atomic E-state index is 0.0708. The number of hydrogen-bond acceptors (Lipinski definition) is 4. The Morgan fingerprint density at radius 2 is 2.19 bits per heavy atom. The quantitative estimate of drug-likeness (QED) is 0.861. The van der Waals surface area contributed by atoms with Crippen LogP contribution in [0.15, 0.2) is 12.3 Å². The number of amides is 1. The second-order valence-electron chi connectivity index (χ2n) is 5.92. The van der Waals surface area contributed by atoms with Crippen LogP contribution in [0.3, 0.4) is 0 Å². The van der Waals surface area contributed by atoms with E-state index in [1.54, 1.807) is 0 Å². The Morgan fingerprint density at radius 3 is 2.76 bits per heavy atom. The summed E-state index contributed by atoms with van der Waals surface area (Å²) in [5.74, 6) is -0.701. The molecule has 2 rings (SSSR count). The average Bonchev–Trinajstić information content (AvgIpc) is 2.98. The van der Waals surface area contributed by atoms with Crippen molar-refractivity contribution < 1.29 is 14.3 Å². The van der Waals surface area contributed by atoms with E-state index < -0.39 is 12.1 Å². The summed E-state index contributed by atoms with van der Waals surface area (Å²) in [7, 11) is 0. The fourth-order valence-electron chi connectivity index (χ4n) is 2.61. The Bertz CT molecular complexity index is 484. The zero-order valence-corrected chi connectivity index (χ0v) is 12.8. The minimum atomic E-state index is -0.749. The molecule has 1 N–H and O–H groups in total. The van der Waals surface area contributed by atoms with E-state index in [0.717, 1.165) is 25.8 Å². The molecule has 0 unspecified atom stereocenters. The molecule has 116 valence electrons. The standard InChI is InChI=1S/C15H23N3O3/c1-10(2)13(21-15(20)12-7-8-16-17-12)14(19)18-9-5-4-6-11(18)3/h7-8,10-11,13H,4-6,9H2,1-3H3,(H,16,17)/t11-,13-/m1/s1. The van der Waals surface area contributed by atoms with Gasteiger partial charge in [-0.25, -0.2) is 4.79 Å². The molecule has 1 aliphatic heterocycles. The SMILES string of the molecule is CC(C)[C@@H](OC(=O)c1ccn[nH]1)C(=O)N1CCCC[C@H]1C. The first-order valence-corrected chi connectivity index (χ1v) is 7.51. The second kappa shape index (κ2) is 6.74. The van der Waals surface area contributed by atoms with Crippen LogP contribution in [-0.2, 0) is 9.53 Å². The highest BCUT2D eigenvalue weighted by Gasteiger charge is 2.34. The maximum absolute atomic E-state index is 12.7. The maximum atomic E-state index is 12.7. The summed E-state index contributed by atoms with van der Waals surface area (Å²) >= 11 is 0. The van der Waals surface area contributed by atoms with Gasteiger partial charge in [0, 0.05) is 18.8 Å². The first kappa shape index (κ1) is 15.5. The summed E-state index contributed by atoms with van der Waals surface area (Å²) in [6.45, 7) is 6.56. The normalized spacial score (nSPS) is 20.4. The second-order valence-corrected chi connectivity index (χ2v) is 5.92. The lowest BCUT2D eigenvalue weighted by Gasteiger charge is -2.36. The van der Waals surface area contributed by atoms with Crippen molar-refractivity contribution in [3.05, 3.63) is 18.0 Å². The molecular weight excluding hydrogens is 270 g/mol. The number of likely N-dealkylation sites (tertiary alicyclic amines) is 1. The van der Waals surface area contributed by atoms with Gasteiger partial charge in [-0.3, -0.25) is 9.89 Å². The summed E-state index contributed by atoms with van der Waals surface area (Å²) in [4.78, 5) is 26.5. The lowest BCUT2D eigenvalue weighted by atomic mass is 10.00. The summed E-state index contributed by atoms with van der Waals surface area (Å²) in [5.41, 5.74) is 0.264. The molecule has 6 nitrogen and oxygen atoms in total. The number of nitrogens with zero attached hydrogens (tertiary/aromatic N) is 2. The third-order valence-electron chi connectivity index (χ3n) is 3.89. The monoisotopic (exact) mass is 293 g/mol. The lowest BCUT2D eigenvalue weighted by molar-refractivity contribution is -0.146. The van der Waals surface area contributed by atoms with Crippen LogP contribution in [0.25, 0.3) is 0 Å². The Hall–Kier alpha value is -1.85. The number of rotatable bonds is 4. The predicted molar refractivity (Wildman–Crippen MR) is 77.7 cm³/mol. The number of H-pyrrole nitrogens is 1. The minimum Gasteiger partial charge on any atom is -0.447 e. The number of piperidine rings is 1. The molecule has 0 bridgehead atoms. The summed E-state index contributed by atoms with van der Waals surface area (Å²) in [6.07, 6.45) is 3.89. The number of ether oxygens (including phenoxy) is 1. The van der Waals surface area contributed by atoms with Gasteiger partial charge in [-0.2, -0.15) is 5.10 Å². The lowest BCUT2D eigenvalue weighted by Crippen LogP contribution is -2.49. The summed E-state index contributed by atoms with van der Waals surface area (Å²) in [6, 6.07) is 1.74. The summed E-state index contributed by atoms with van der Waals surface area (Å²) < 4.78 is 5.42. The molecule has 2 atom stereocenters. The Morgan fingerprint density at radius 1 is 1.43 bits per heavy atom. The Kier molecular flexibility index (Phi) is 4.98. The molecule has 21 heavy (non-hydrogen) atoms. The van der Waals surface area contributed by atoms with Crippen molar-refractivity contribution in [3.63, 3.8) is 0 Å². The largest absolute Gasteiger partial charge is 0.447 e. The molecule has 0 saturated carbocycles. The maximum Gasteiger partial charge on any atom is 0.357 e. The highest BCUT2D eigenvalue weighted by molar-refractivity contribution is 5.90. The molecule has 0 aromatic carbocycles. The van der Waals surface area contributed by atoms with Crippen LogP contribution < -0.4 is 0 Å². The molecule has 1 aliphatic rings. The van der Waals surface area contributed by atoms with E-state index in [-0.39, 0.29) is 23.6 Å². The van der Waals surface area contributed by atoms with Crippen LogP contribution in [0.2, 0.25) is 0 Å². The van der Waals surface area contributed by atoms with Crippen LogP contribution in [0, 0.1) is 5.92 Å². The van der Waals surface area contributed by atoms with Crippen LogP contribution in [0.5, 0.6) is 0 Å². The van der Waals surface area contributed by atoms with Crippen molar-refractivity contribution in [3.8, 4) is 0 Å². The molecule has 6 heteroatoms. The highest BCUT2D eigenvalue weighted by Crippen LogP contribution is 2.21. The summed E-state index contributed by atoms with van der Waals surface area (Å²) in [5, 5.41) is 6.28. The van der Waals surface area contributed by atoms with E-state index in [1.807, 2.05) is 25.7 Å². The van der Waals surface area contributed by atoms with Gasteiger partial charge in [-0.15, -0.1) is 0 Å². The zero-order chi connectivity index (χ0) is 15.4. The molecule has 1 fully saturated rings. The Labute approximate surface area is 124 Å². The molecule has 1 saturated heterocycles. The molecule has 0 radical (unpaired) electrons. The molecule has 1 aromatic heterocycles. The number of nitrogens with one attached hydrogen (secondary N) is 1. The van der Waals surface area contributed by atoms with Crippen LogP contribution in [0.4, 0.5) is 0 Å². The van der Waals surface area contributed by atoms with Crippen molar-refractivity contribution in [1.82, 2.24) is 15.1 Å². The van der Waals surface area contributed by atoms with Gasteiger partial charge >= 0.3 is 5.97 Å². The van der Waals surface area contributed by atoms with Crippen molar-refractivity contribution in [2.24, 2.45) is 5.92 Å². The van der Waals surface area contributed by atoms with Gasteiger partial charge in [0.1, 0.15) is 5.69 Å². The van der Waals surface area contributed by atoms with E-state index in [4.69, 9.17) is 4.74 Å². The van der Waals surface area contributed by atoms with Crippen molar-refractivity contribution in [1.29, 1.82) is 0 Å². The first-order chi connectivity index (χ1) is 10.0. The predicted octanol–water partition coefficient (Wildman–Crippen LogP) is 1.99. The fourth-order valence-corrected chi connectivity index (χ4v) is 2.61. The number of carbonyl (C=O) groups excluding carboxylic acids is 2. The van der Waals surface area contributed by atoms with Crippen molar-refractivity contribution >= 4 is 11.9 Å². The van der Waals surface area contributed by atoms with E-state index >= 15 is 0 Å². The number of esters is 1. The topological polar surface area (TPSA) is 75.3 Å². The van der Waals surface area contributed by atoms with Gasteiger partial charge < -0.3 is 9.64 Å². The molecule has 0 spiro atoms. The molecule has 2 heterocycles. The van der Waals surface area contributed by atoms with Crippen LogP contribution in [-0.4, -0.2) is 45.7 Å². The zero-order valence-electron chi connectivity index (χ0n) is 12.8. The van der Waals surface area contributed by atoms with Gasteiger partial charge in [-0.1, -0.05) is 13.8 Å². The van der Waals surface area contributed by atoms with Gasteiger partial charge in [0.2, 0.25) is 0 Å². The van der Waals surface area contributed by atoms with E-state index in [1.165, 1.54) is 12.3 Å². The van der Waals surface area contributed by atoms with Crippen LogP contribution >= 0.6 is 0 Å². The van der Waals surface area contributed by atoms with Gasteiger partial charge in [0.05, 0.1) is 0 Å². The molecular formula is C15H23N3O3. The number of carbonyl (C=O) groups is 2. The Balaban J connectivity index is 2.07. The van der Waals surface area contributed by atoms with Crippen LogP contribution in [0.1, 0.15) is 50.5 Å². The number of aromatic amines is 1. The van der Waals surface area contributed by atoms with Gasteiger partial charge in [0.15, 0.2) is 6.10 Å². The molecule has 1 amide bonds. The van der Waals surface area contributed by atoms with E-state index in [9.17, 15) is 9.59 Å². The van der Waals surface area contributed by atoms with Gasteiger partial charge in [0.25, 0.3) is 5.91 Å². The van der Waals surface area contributed by atoms with Crippen molar-refractivity contribution in [2.45, 2.75) is 52.2 Å². The number of aromatic nitrogens is 2. The third kappa shape index (κ3) is 3.62. The fraction of sp³-hybridized carbons (Fsp3) is 0.667. The smallest absolute Gasteiger partial charge is 0.357 e. The van der Waals surface area contributed by atoms with E-state index in [0.29, 0.717) is 0 Å².